The van der Waals surface area contributed by atoms with Gasteiger partial charge in [0.15, 0.2) is 11.6 Å². The van der Waals surface area contributed by atoms with Gasteiger partial charge in [0, 0.05) is 20.6 Å². The molecule has 0 saturated carbocycles. The molecule has 2 aromatic carbocycles. The second-order valence-electron chi connectivity index (χ2n) is 6.78. The first-order valence-electron chi connectivity index (χ1n) is 9.53. The molecular weight excluding hydrogens is 450 g/mol. The van der Waals surface area contributed by atoms with Crippen molar-refractivity contribution < 1.29 is 0 Å². The van der Waals surface area contributed by atoms with Crippen LogP contribution in [0.4, 0.5) is 0 Å². The van der Waals surface area contributed by atoms with E-state index >= 15 is 0 Å². The lowest BCUT2D eigenvalue weighted by molar-refractivity contribution is 0.625. The number of hydrogen-bond donors (Lipinski definition) is 1. The zero-order valence-electron chi connectivity index (χ0n) is 15.9. The molecule has 29 heavy (non-hydrogen) atoms. The number of halogens is 2. The Morgan fingerprint density at radius 3 is 2.86 bits per heavy atom. The van der Waals surface area contributed by atoms with Crippen LogP contribution in [0.15, 0.2) is 64.6 Å². The summed E-state index contributed by atoms with van der Waals surface area (Å²) in [6.45, 7) is 5.75. The number of benzene rings is 2. The maximum atomic E-state index is 6.49. The van der Waals surface area contributed by atoms with Gasteiger partial charge in [-0.05, 0) is 43.7 Å². The van der Waals surface area contributed by atoms with Gasteiger partial charge in [0.05, 0.1) is 17.9 Å². The molecule has 1 aromatic heterocycles. The Hall–Kier alpha value is -2.28. The zero-order chi connectivity index (χ0) is 20.2. The molecule has 0 fully saturated rings. The van der Waals surface area contributed by atoms with Gasteiger partial charge in [-0.3, -0.25) is 9.56 Å². The number of allylic oxidation sites excluding steroid dienone is 1. The number of aliphatic imine (C=N–C) groups is 1. The summed E-state index contributed by atoms with van der Waals surface area (Å²) in [5.74, 6) is 1.68. The monoisotopic (exact) mass is 469 g/mol. The van der Waals surface area contributed by atoms with Crippen molar-refractivity contribution in [2.24, 2.45) is 4.99 Å². The van der Waals surface area contributed by atoms with Gasteiger partial charge in [0.2, 0.25) is 0 Å². The summed E-state index contributed by atoms with van der Waals surface area (Å²) in [4.78, 5) is 4.86. The molecule has 3 aromatic rings. The van der Waals surface area contributed by atoms with Crippen molar-refractivity contribution in [3.8, 4) is 5.69 Å². The number of nitrogens with one attached hydrogen (secondary N) is 1. The molecule has 0 atom stereocenters. The minimum atomic E-state index is 0.441. The third-order valence-electron chi connectivity index (χ3n) is 4.81. The van der Waals surface area contributed by atoms with Crippen LogP contribution in [-0.2, 0) is 13.1 Å². The van der Waals surface area contributed by atoms with Crippen molar-refractivity contribution in [3.63, 3.8) is 0 Å². The zero-order valence-corrected chi connectivity index (χ0v) is 18.2. The van der Waals surface area contributed by atoms with Crippen LogP contribution in [0.2, 0.25) is 5.02 Å². The van der Waals surface area contributed by atoms with Gasteiger partial charge in [-0.15, -0.1) is 16.8 Å². The van der Waals surface area contributed by atoms with Gasteiger partial charge >= 0.3 is 0 Å². The number of aromatic nitrogens is 3. The van der Waals surface area contributed by atoms with Crippen molar-refractivity contribution >= 4 is 33.2 Å². The minimum absolute atomic E-state index is 0.441. The topological polar surface area (TPSA) is 55.1 Å². The van der Waals surface area contributed by atoms with Crippen molar-refractivity contribution in [2.75, 3.05) is 6.54 Å². The normalized spacial score (nSPS) is 12.7. The molecule has 2 heterocycles. The molecule has 148 valence electrons. The fraction of sp³-hybridized carbons (Fsp3) is 0.227. The molecule has 0 amide bonds. The average Bonchev–Trinajstić information content (AvgIpc) is 3.05. The first-order chi connectivity index (χ1) is 14.2. The highest BCUT2D eigenvalue weighted by molar-refractivity contribution is 9.10. The fourth-order valence-corrected chi connectivity index (χ4v) is 4.00. The fourth-order valence-electron chi connectivity index (χ4n) is 3.43. The Bertz CT molecular complexity index is 1070. The summed E-state index contributed by atoms with van der Waals surface area (Å²) in [5, 5.41) is 13.0. The molecule has 1 N–H and O–H groups in total. The Kier molecular flexibility index (Phi) is 6.23. The molecule has 5 nitrogen and oxygen atoms in total. The largest absolute Gasteiger partial charge is 0.310 e. The first-order valence-corrected chi connectivity index (χ1v) is 10.7. The van der Waals surface area contributed by atoms with Gasteiger partial charge in [-0.1, -0.05) is 51.8 Å². The van der Waals surface area contributed by atoms with Crippen LogP contribution >= 0.6 is 27.5 Å². The van der Waals surface area contributed by atoms with E-state index in [-0.39, 0.29) is 0 Å². The van der Waals surface area contributed by atoms with E-state index in [1.807, 2.05) is 36.4 Å². The standard InChI is InChI=1S/C22H21BrClN5/c1-2-3-6-11-25-13-20-27-28-21-14-26-22(16-7-4-5-8-18(16)24)17-10-9-15(23)12-19(17)29(20)21/h2,4-5,7-10,12,25H,1,3,6,11,13-14H2. The lowest BCUT2D eigenvalue weighted by atomic mass is 10.0. The third kappa shape index (κ3) is 4.20. The van der Waals surface area contributed by atoms with Crippen molar-refractivity contribution in [3.05, 3.63) is 87.4 Å². The van der Waals surface area contributed by atoms with Crippen LogP contribution < -0.4 is 5.32 Å². The van der Waals surface area contributed by atoms with Crippen LogP contribution in [0, 0.1) is 0 Å². The molecule has 4 rings (SSSR count). The third-order valence-corrected chi connectivity index (χ3v) is 5.63. The number of unbranched alkanes of at least 4 members (excludes halogenated alkanes) is 1. The van der Waals surface area contributed by atoms with E-state index in [9.17, 15) is 0 Å². The highest BCUT2D eigenvalue weighted by Gasteiger charge is 2.23. The van der Waals surface area contributed by atoms with Crippen molar-refractivity contribution in [2.45, 2.75) is 25.9 Å². The van der Waals surface area contributed by atoms with E-state index < -0.39 is 0 Å². The quantitative estimate of drug-likeness (QED) is 0.386. The lowest BCUT2D eigenvalue weighted by Crippen LogP contribution is -2.19. The van der Waals surface area contributed by atoms with Crippen LogP contribution in [0.25, 0.3) is 5.69 Å². The van der Waals surface area contributed by atoms with Gasteiger partial charge in [0.1, 0.15) is 6.54 Å². The highest BCUT2D eigenvalue weighted by Crippen LogP contribution is 2.30. The van der Waals surface area contributed by atoms with Gasteiger partial charge in [-0.25, -0.2) is 0 Å². The smallest absolute Gasteiger partial charge is 0.159 e. The number of fused-ring (bicyclic) bond motifs is 3. The molecular formula is C22H21BrClN5. The summed E-state index contributed by atoms with van der Waals surface area (Å²) in [6.07, 6.45) is 3.98. The van der Waals surface area contributed by atoms with Crippen LogP contribution in [0.1, 0.15) is 35.6 Å². The Balaban J connectivity index is 1.74. The Morgan fingerprint density at radius 1 is 1.17 bits per heavy atom. The summed E-state index contributed by atoms with van der Waals surface area (Å²) >= 11 is 10.1. The van der Waals surface area contributed by atoms with Crippen molar-refractivity contribution in [1.29, 1.82) is 0 Å². The summed E-state index contributed by atoms with van der Waals surface area (Å²) < 4.78 is 3.09. The molecule has 1 aliphatic heterocycles. The summed E-state index contributed by atoms with van der Waals surface area (Å²) in [7, 11) is 0. The molecule has 0 spiro atoms. The van der Waals surface area contributed by atoms with E-state index in [0.717, 1.165) is 58.0 Å². The molecule has 0 unspecified atom stereocenters. The summed E-state index contributed by atoms with van der Waals surface area (Å²) in [6, 6.07) is 14.0. The SMILES string of the molecule is C=CCCCNCc1nnc2n1-c1cc(Br)ccc1C(c1ccccc1Cl)=NC2. The second kappa shape index (κ2) is 9.03. The van der Waals surface area contributed by atoms with E-state index in [1.165, 1.54) is 0 Å². The van der Waals surface area contributed by atoms with E-state index in [2.05, 4.69) is 54.7 Å². The number of rotatable bonds is 7. The van der Waals surface area contributed by atoms with E-state index in [0.29, 0.717) is 18.1 Å². The van der Waals surface area contributed by atoms with E-state index in [4.69, 9.17) is 16.6 Å². The lowest BCUT2D eigenvalue weighted by Gasteiger charge is -2.15. The first kappa shape index (κ1) is 20.0. The molecule has 7 heteroatoms. The van der Waals surface area contributed by atoms with Gasteiger partial charge in [0.25, 0.3) is 0 Å². The number of nitrogens with zero attached hydrogens (tertiary/aromatic N) is 4. The Morgan fingerprint density at radius 2 is 2.03 bits per heavy atom. The average molecular weight is 471 g/mol. The second-order valence-corrected chi connectivity index (χ2v) is 8.10. The maximum Gasteiger partial charge on any atom is 0.159 e. The molecule has 0 radical (unpaired) electrons. The van der Waals surface area contributed by atoms with E-state index in [1.54, 1.807) is 0 Å². The molecule has 0 saturated heterocycles. The van der Waals surface area contributed by atoms with Crippen LogP contribution in [-0.4, -0.2) is 27.0 Å². The maximum absolute atomic E-state index is 6.49. The van der Waals surface area contributed by atoms with Crippen LogP contribution in [0.5, 0.6) is 0 Å². The molecule has 0 aliphatic carbocycles. The van der Waals surface area contributed by atoms with Gasteiger partial charge < -0.3 is 5.32 Å². The predicted octanol–water partition coefficient (Wildman–Crippen LogP) is 5.09. The predicted molar refractivity (Wildman–Crippen MR) is 121 cm³/mol. The number of hydrogen-bond acceptors (Lipinski definition) is 4. The van der Waals surface area contributed by atoms with Gasteiger partial charge in [-0.2, -0.15) is 0 Å². The minimum Gasteiger partial charge on any atom is -0.310 e. The highest BCUT2D eigenvalue weighted by atomic mass is 79.9. The summed E-state index contributed by atoms with van der Waals surface area (Å²) in [5.41, 5.74) is 3.79. The molecule has 1 aliphatic rings. The molecule has 0 bridgehead atoms. The Labute approximate surface area is 183 Å². The van der Waals surface area contributed by atoms with Crippen molar-refractivity contribution in [1.82, 2.24) is 20.1 Å². The van der Waals surface area contributed by atoms with Crippen LogP contribution in [0.3, 0.4) is 0 Å².